The summed E-state index contributed by atoms with van der Waals surface area (Å²) in [7, 11) is 1.59. The topological polar surface area (TPSA) is 59.9 Å². The van der Waals surface area contributed by atoms with Gasteiger partial charge in [0.05, 0.1) is 18.4 Å². The first kappa shape index (κ1) is 12.2. The Kier molecular flexibility index (Phi) is 3.09. The number of nitrogens with zero attached hydrogens (tertiary/aromatic N) is 2. The number of nitrogens with one attached hydrogen (secondary N) is 1. The van der Waals surface area contributed by atoms with E-state index in [0.29, 0.717) is 11.6 Å². The summed E-state index contributed by atoms with van der Waals surface area (Å²) in [6, 6.07) is 16.7. The van der Waals surface area contributed by atoms with Crippen molar-refractivity contribution in [3.8, 4) is 22.8 Å². The minimum absolute atomic E-state index is 0.280. The molecule has 1 N–H and O–H groups in total. The number of methoxy groups -OCH3 is 1. The highest BCUT2D eigenvalue weighted by molar-refractivity contribution is 5.63. The van der Waals surface area contributed by atoms with E-state index >= 15 is 0 Å². The first-order chi connectivity index (χ1) is 9.79. The molecule has 0 bridgehead atoms. The highest BCUT2D eigenvalue weighted by Crippen LogP contribution is 2.26. The lowest BCUT2D eigenvalue weighted by Gasteiger charge is -2.04. The van der Waals surface area contributed by atoms with Crippen molar-refractivity contribution < 1.29 is 4.74 Å². The van der Waals surface area contributed by atoms with Crippen molar-refractivity contribution >= 4 is 0 Å². The predicted octanol–water partition coefficient (Wildman–Crippen LogP) is 2.24. The SMILES string of the molecule is COc1ccccc1-c1nn(-c2ccccc2)c(=O)[nH]1. The molecule has 3 aromatic rings. The predicted molar refractivity (Wildman–Crippen MR) is 76.2 cm³/mol. The molecule has 100 valence electrons. The number of aromatic nitrogens is 3. The molecule has 2 aromatic carbocycles. The average molecular weight is 267 g/mol. The van der Waals surface area contributed by atoms with Crippen LogP contribution in [0.15, 0.2) is 59.4 Å². The number of hydrogen-bond acceptors (Lipinski definition) is 3. The molecule has 0 aliphatic rings. The molecular formula is C15H13N3O2. The van der Waals surface area contributed by atoms with Crippen LogP contribution >= 0.6 is 0 Å². The summed E-state index contributed by atoms with van der Waals surface area (Å²) in [6.07, 6.45) is 0. The Hall–Kier alpha value is -2.82. The normalized spacial score (nSPS) is 10.4. The Labute approximate surface area is 115 Å². The van der Waals surface area contributed by atoms with Crippen LogP contribution in [0.1, 0.15) is 0 Å². The van der Waals surface area contributed by atoms with Gasteiger partial charge in [0.2, 0.25) is 0 Å². The maximum atomic E-state index is 12.0. The summed E-state index contributed by atoms with van der Waals surface area (Å²) in [5.74, 6) is 1.15. The second-order valence-electron chi connectivity index (χ2n) is 4.23. The average Bonchev–Trinajstić information content (AvgIpc) is 2.90. The molecule has 0 atom stereocenters. The number of rotatable bonds is 3. The van der Waals surface area contributed by atoms with Crippen molar-refractivity contribution in [2.24, 2.45) is 0 Å². The van der Waals surface area contributed by atoms with E-state index in [4.69, 9.17) is 4.74 Å². The van der Waals surface area contributed by atoms with Gasteiger partial charge in [0.15, 0.2) is 5.82 Å². The third kappa shape index (κ3) is 2.09. The van der Waals surface area contributed by atoms with E-state index in [1.54, 1.807) is 7.11 Å². The van der Waals surface area contributed by atoms with Gasteiger partial charge in [0.25, 0.3) is 0 Å². The number of H-pyrrole nitrogens is 1. The van der Waals surface area contributed by atoms with Gasteiger partial charge in [-0.1, -0.05) is 30.3 Å². The maximum absolute atomic E-state index is 12.0. The molecule has 3 rings (SSSR count). The molecule has 20 heavy (non-hydrogen) atoms. The molecule has 0 fully saturated rings. The van der Waals surface area contributed by atoms with Gasteiger partial charge >= 0.3 is 5.69 Å². The van der Waals surface area contributed by atoms with Crippen LogP contribution in [-0.4, -0.2) is 21.9 Å². The minimum atomic E-state index is -0.280. The number of hydrogen-bond donors (Lipinski definition) is 1. The fourth-order valence-corrected chi connectivity index (χ4v) is 2.03. The number of aromatic amines is 1. The van der Waals surface area contributed by atoms with E-state index in [0.717, 1.165) is 11.3 Å². The van der Waals surface area contributed by atoms with Crippen LogP contribution in [0.3, 0.4) is 0 Å². The first-order valence-corrected chi connectivity index (χ1v) is 6.18. The van der Waals surface area contributed by atoms with E-state index in [-0.39, 0.29) is 5.69 Å². The van der Waals surface area contributed by atoms with Crippen LogP contribution in [0.5, 0.6) is 5.75 Å². The Morgan fingerprint density at radius 3 is 2.50 bits per heavy atom. The summed E-state index contributed by atoms with van der Waals surface area (Å²) in [5, 5.41) is 4.33. The molecule has 0 saturated heterocycles. The molecule has 0 spiro atoms. The second-order valence-corrected chi connectivity index (χ2v) is 4.23. The van der Waals surface area contributed by atoms with E-state index < -0.39 is 0 Å². The lowest BCUT2D eigenvalue weighted by atomic mass is 10.2. The lowest BCUT2D eigenvalue weighted by molar-refractivity contribution is 0.416. The highest BCUT2D eigenvalue weighted by Gasteiger charge is 2.12. The monoisotopic (exact) mass is 267 g/mol. The molecule has 0 saturated carbocycles. The van der Waals surface area contributed by atoms with E-state index in [1.807, 2.05) is 54.6 Å². The summed E-state index contributed by atoms with van der Waals surface area (Å²) in [5.41, 5.74) is 1.19. The maximum Gasteiger partial charge on any atom is 0.348 e. The number of benzene rings is 2. The molecule has 1 aromatic heterocycles. The molecule has 0 amide bonds. The molecule has 5 nitrogen and oxygen atoms in total. The first-order valence-electron chi connectivity index (χ1n) is 6.18. The zero-order valence-electron chi connectivity index (χ0n) is 10.9. The van der Waals surface area contributed by atoms with Gasteiger partial charge in [0, 0.05) is 0 Å². The Bertz CT molecular complexity index is 775. The molecule has 0 radical (unpaired) electrons. The van der Waals surface area contributed by atoms with Crippen molar-refractivity contribution in [2.45, 2.75) is 0 Å². The zero-order chi connectivity index (χ0) is 13.9. The van der Waals surface area contributed by atoms with Crippen LogP contribution in [0.4, 0.5) is 0 Å². The summed E-state index contributed by atoms with van der Waals surface area (Å²) < 4.78 is 6.62. The minimum Gasteiger partial charge on any atom is -0.496 e. The second kappa shape index (κ2) is 5.05. The standard InChI is InChI=1S/C15H13N3O2/c1-20-13-10-6-5-9-12(13)14-16-15(19)18(17-14)11-7-3-2-4-8-11/h2-10H,1H3,(H,16,17,19). The van der Waals surface area contributed by atoms with Gasteiger partial charge in [-0.15, -0.1) is 5.10 Å². The summed E-state index contributed by atoms with van der Waals surface area (Å²) in [4.78, 5) is 14.8. The lowest BCUT2D eigenvalue weighted by Crippen LogP contribution is -2.15. The third-order valence-corrected chi connectivity index (χ3v) is 2.98. The molecule has 0 unspecified atom stereocenters. The highest BCUT2D eigenvalue weighted by atomic mass is 16.5. The Morgan fingerprint density at radius 2 is 1.75 bits per heavy atom. The van der Waals surface area contributed by atoms with E-state index in [9.17, 15) is 4.79 Å². The van der Waals surface area contributed by atoms with Crippen LogP contribution in [0.2, 0.25) is 0 Å². The van der Waals surface area contributed by atoms with Crippen LogP contribution in [0.25, 0.3) is 17.1 Å². The van der Waals surface area contributed by atoms with Gasteiger partial charge in [0.1, 0.15) is 5.75 Å². The molecule has 1 heterocycles. The van der Waals surface area contributed by atoms with Crippen molar-refractivity contribution in [2.75, 3.05) is 7.11 Å². The Balaban J connectivity index is 2.12. The van der Waals surface area contributed by atoms with Gasteiger partial charge in [-0.3, -0.25) is 4.98 Å². The van der Waals surface area contributed by atoms with E-state index in [2.05, 4.69) is 10.1 Å². The van der Waals surface area contributed by atoms with Gasteiger partial charge < -0.3 is 4.74 Å². The molecule has 0 aliphatic carbocycles. The zero-order valence-corrected chi connectivity index (χ0v) is 10.9. The largest absolute Gasteiger partial charge is 0.496 e. The summed E-state index contributed by atoms with van der Waals surface area (Å²) in [6.45, 7) is 0. The molecule has 0 aliphatic heterocycles. The summed E-state index contributed by atoms with van der Waals surface area (Å²) >= 11 is 0. The van der Waals surface area contributed by atoms with Crippen molar-refractivity contribution in [1.29, 1.82) is 0 Å². The Morgan fingerprint density at radius 1 is 1.05 bits per heavy atom. The number of para-hydroxylation sites is 2. The third-order valence-electron chi connectivity index (χ3n) is 2.98. The van der Waals surface area contributed by atoms with Crippen LogP contribution in [-0.2, 0) is 0 Å². The van der Waals surface area contributed by atoms with E-state index in [1.165, 1.54) is 4.68 Å². The van der Waals surface area contributed by atoms with Crippen LogP contribution < -0.4 is 10.4 Å². The molecule has 5 heteroatoms. The fraction of sp³-hybridized carbons (Fsp3) is 0.0667. The molecular weight excluding hydrogens is 254 g/mol. The smallest absolute Gasteiger partial charge is 0.348 e. The fourth-order valence-electron chi connectivity index (χ4n) is 2.03. The van der Waals surface area contributed by atoms with Crippen molar-refractivity contribution in [3.63, 3.8) is 0 Å². The number of ether oxygens (including phenoxy) is 1. The van der Waals surface area contributed by atoms with Gasteiger partial charge in [-0.25, -0.2) is 4.79 Å². The van der Waals surface area contributed by atoms with Gasteiger partial charge in [-0.2, -0.15) is 4.68 Å². The van der Waals surface area contributed by atoms with Crippen LogP contribution in [0, 0.1) is 0 Å². The van der Waals surface area contributed by atoms with Crippen molar-refractivity contribution in [3.05, 3.63) is 65.1 Å². The quantitative estimate of drug-likeness (QED) is 0.791. The van der Waals surface area contributed by atoms with Gasteiger partial charge in [-0.05, 0) is 24.3 Å². The van der Waals surface area contributed by atoms with Crippen molar-refractivity contribution in [1.82, 2.24) is 14.8 Å².